The number of anilines is 1. The maximum atomic E-state index is 13.2. The van der Waals surface area contributed by atoms with E-state index in [9.17, 15) is 14.3 Å². The predicted molar refractivity (Wildman–Crippen MR) is 122 cm³/mol. The van der Waals surface area contributed by atoms with Gasteiger partial charge in [-0.2, -0.15) is 0 Å². The summed E-state index contributed by atoms with van der Waals surface area (Å²) in [5.74, 6) is 1.21. The zero-order chi connectivity index (χ0) is 22.9. The Morgan fingerprint density at radius 2 is 2.06 bits per heavy atom. The van der Waals surface area contributed by atoms with Gasteiger partial charge in [0.2, 0.25) is 5.91 Å². The summed E-state index contributed by atoms with van der Waals surface area (Å²) in [7, 11) is 1.73. The van der Waals surface area contributed by atoms with E-state index in [1.165, 1.54) is 12.3 Å². The molecule has 1 aromatic carbocycles. The fourth-order valence-electron chi connectivity index (χ4n) is 4.48. The molecular weight excluding hydrogens is 409 g/mol. The first-order valence-corrected chi connectivity index (χ1v) is 11.0. The summed E-state index contributed by atoms with van der Waals surface area (Å²) in [5, 5.41) is 11.3. The van der Waals surface area contributed by atoms with Crippen LogP contribution >= 0.6 is 0 Å². The minimum absolute atomic E-state index is 0.0829. The van der Waals surface area contributed by atoms with Gasteiger partial charge in [0, 0.05) is 26.1 Å². The Kier molecular flexibility index (Phi) is 6.15. The normalized spacial score (nSPS) is 19.0. The van der Waals surface area contributed by atoms with Crippen LogP contribution in [0.2, 0.25) is 0 Å². The number of hydrogen-bond donors (Lipinski definition) is 1. The number of piperidine rings is 1. The Morgan fingerprint density at radius 1 is 1.28 bits per heavy atom. The van der Waals surface area contributed by atoms with Gasteiger partial charge in [0.05, 0.1) is 29.4 Å². The van der Waals surface area contributed by atoms with E-state index >= 15 is 0 Å². The Bertz CT molecular complexity index is 1100. The van der Waals surface area contributed by atoms with Crippen LogP contribution in [0.5, 0.6) is 0 Å². The highest BCUT2D eigenvalue weighted by Gasteiger charge is 2.36. The highest BCUT2D eigenvalue weighted by Crippen LogP contribution is 2.26. The highest BCUT2D eigenvalue weighted by molar-refractivity contribution is 5.81. The van der Waals surface area contributed by atoms with Crippen LogP contribution in [-0.4, -0.2) is 62.7 Å². The van der Waals surface area contributed by atoms with E-state index in [2.05, 4.69) is 18.8 Å². The standard InChI is InChI=1S/C24H30FN5O2/c1-17(2)23-27-19-7-4-5-8-20(19)30(23)14-22(31)28(3)15-24(32)11-6-12-29(16-24)21-10-9-18(25)13-26-21/h4-5,7-10,13,17,32H,6,11-12,14-16H2,1-3H3. The fourth-order valence-corrected chi connectivity index (χ4v) is 4.48. The van der Waals surface area contributed by atoms with Crippen molar-refractivity contribution in [2.75, 3.05) is 31.6 Å². The number of para-hydroxylation sites is 2. The Balaban J connectivity index is 1.47. The number of carbonyl (C=O) groups excluding carboxylic acids is 1. The van der Waals surface area contributed by atoms with Crippen molar-refractivity contribution >= 4 is 22.8 Å². The third-order valence-electron chi connectivity index (χ3n) is 6.04. The van der Waals surface area contributed by atoms with Crippen LogP contribution in [0, 0.1) is 5.82 Å². The van der Waals surface area contributed by atoms with Gasteiger partial charge in [-0.05, 0) is 37.1 Å². The average Bonchev–Trinajstić information content (AvgIpc) is 3.13. The van der Waals surface area contributed by atoms with E-state index in [0.717, 1.165) is 29.8 Å². The third-order valence-corrected chi connectivity index (χ3v) is 6.04. The van der Waals surface area contributed by atoms with Crippen LogP contribution in [0.3, 0.4) is 0 Å². The molecule has 1 aliphatic rings. The van der Waals surface area contributed by atoms with E-state index in [0.29, 0.717) is 18.8 Å². The maximum Gasteiger partial charge on any atom is 0.242 e. The third kappa shape index (κ3) is 4.60. The Morgan fingerprint density at radius 3 is 2.78 bits per heavy atom. The number of benzene rings is 1. The van der Waals surface area contributed by atoms with Crippen molar-refractivity contribution < 1.29 is 14.3 Å². The second-order valence-electron chi connectivity index (χ2n) is 9.03. The summed E-state index contributed by atoms with van der Waals surface area (Å²) in [6.07, 6.45) is 2.54. The summed E-state index contributed by atoms with van der Waals surface area (Å²) in [6.45, 7) is 5.59. The minimum atomic E-state index is -1.06. The molecule has 1 aliphatic heterocycles. The highest BCUT2D eigenvalue weighted by atomic mass is 19.1. The molecule has 0 bridgehead atoms. The molecule has 1 fully saturated rings. The van der Waals surface area contributed by atoms with Crippen LogP contribution in [-0.2, 0) is 11.3 Å². The number of aliphatic hydroxyl groups is 1. The van der Waals surface area contributed by atoms with Crippen LogP contribution in [0.1, 0.15) is 38.4 Å². The van der Waals surface area contributed by atoms with Crippen molar-refractivity contribution in [1.82, 2.24) is 19.4 Å². The molecule has 1 amide bonds. The molecule has 1 N–H and O–H groups in total. The van der Waals surface area contributed by atoms with Gasteiger partial charge in [-0.15, -0.1) is 0 Å². The zero-order valence-corrected chi connectivity index (χ0v) is 18.8. The number of fused-ring (bicyclic) bond motifs is 1. The van der Waals surface area contributed by atoms with Crippen molar-refractivity contribution in [2.45, 2.75) is 44.8 Å². The summed E-state index contributed by atoms with van der Waals surface area (Å²) >= 11 is 0. The van der Waals surface area contributed by atoms with Gasteiger partial charge in [-0.1, -0.05) is 26.0 Å². The van der Waals surface area contributed by atoms with E-state index < -0.39 is 5.60 Å². The summed E-state index contributed by atoms with van der Waals surface area (Å²) < 4.78 is 15.2. The molecule has 0 spiro atoms. The predicted octanol–water partition coefficient (Wildman–Crippen LogP) is 3.18. The fraction of sp³-hybridized carbons (Fsp3) is 0.458. The number of halogens is 1. The maximum absolute atomic E-state index is 13.2. The first-order chi connectivity index (χ1) is 15.3. The molecule has 32 heavy (non-hydrogen) atoms. The molecule has 170 valence electrons. The number of pyridine rings is 1. The molecule has 1 unspecified atom stereocenters. The number of rotatable bonds is 6. The van der Waals surface area contributed by atoms with Crippen molar-refractivity contribution in [1.29, 1.82) is 0 Å². The van der Waals surface area contributed by atoms with Gasteiger partial charge in [-0.3, -0.25) is 4.79 Å². The van der Waals surface area contributed by atoms with Crippen LogP contribution in [0.4, 0.5) is 10.2 Å². The average molecular weight is 440 g/mol. The first-order valence-electron chi connectivity index (χ1n) is 11.0. The lowest BCUT2D eigenvalue weighted by Crippen LogP contribution is -2.55. The second kappa shape index (κ2) is 8.86. The molecule has 3 aromatic rings. The van der Waals surface area contributed by atoms with Crippen LogP contribution in [0.15, 0.2) is 42.6 Å². The summed E-state index contributed by atoms with van der Waals surface area (Å²) in [5.41, 5.74) is 0.749. The van der Waals surface area contributed by atoms with Crippen LogP contribution < -0.4 is 4.90 Å². The second-order valence-corrected chi connectivity index (χ2v) is 9.03. The minimum Gasteiger partial charge on any atom is -0.386 e. The molecule has 0 saturated carbocycles. The van der Waals surface area contributed by atoms with Gasteiger partial charge in [-0.25, -0.2) is 14.4 Å². The lowest BCUT2D eigenvalue weighted by Gasteiger charge is -2.41. The van der Waals surface area contributed by atoms with E-state index in [1.54, 1.807) is 18.0 Å². The number of β-amino-alcohol motifs (C(OH)–C–C–N with tert-alkyl or cyclic N) is 1. The lowest BCUT2D eigenvalue weighted by molar-refractivity contribution is -0.134. The van der Waals surface area contributed by atoms with Crippen molar-refractivity contribution in [3.05, 3.63) is 54.2 Å². The van der Waals surface area contributed by atoms with Crippen LogP contribution in [0.25, 0.3) is 11.0 Å². The molecular formula is C24H30FN5O2. The molecule has 1 saturated heterocycles. The topological polar surface area (TPSA) is 74.5 Å². The van der Waals surface area contributed by atoms with Crippen molar-refractivity contribution in [3.8, 4) is 0 Å². The Labute approximate surface area is 187 Å². The first kappa shape index (κ1) is 22.2. The zero-order valence-electron chi connectivity index (χ0n) is 18.8. The summed E-state index contributed by atoms with van der Waals surface area (Å²) in [4.78, 5) is 25.5. The number of nitrogens with zero attached hydrogens (tertiary/aromatic N) is 5. The van der Waals surface area contributed by atoms with Gasteiger partial charge in [0.25, 0.3) is 0 Å². The summed E-state index contributed by atoms with van der Waals surface area (Å²) in [6, 6.07) is 10.8. The van der Waals surface area contributed by atoms with Gasteiger partial charge >= 0.3 is 0 Å². The van der Waals surface area contributed by atoms with Crippen molar-refractivity contribution in [2.24, 2.45) is 0 Å². The largest absolute Gasteiger partial charge is 0.386 e. The molecule has 8 heteroatoms. The number of imidazole rings is 1. The van der Waals surface area contributed by atoms with Crippen molar-refractivity contribution in [3.63, 3.8) is 0 Å². The number of aromatic nitrogens is 3. The Hall–Kier alpha value is -3.00. The molecule has 7 nitrogen and oxygen atoms in total. The molecule has 0 radical (unpaired) electrons. The van der Waals surface area contributed by atoms with Gasteiger partial charge < -0.3 is 19.5 Å². The number of amides is 1. The molecule has 3 heterocycles. The monoisotopic (exact) mass is 439 g/mol. The smallest absolute Gasteiger partial charge is 0.242 e. The molecule has 1 atom stereocenters. The molecule has 4 rings (SSSR count). The van der Waals surface area contributed by atoms with Gasteiger partial charge in [0.1, 0.15) is 24.0 Å². The number of hydrogen-bond acceptors (Lipinski definition) is 5. The number of likely N-dealkylation sites (N-methyl/N-ethyl adjacent to an activating group) is 1. The lowest BCUT2D eigenvalue weighted by atomic mass is 9.92. The number of carbonyl (C=O) groups is 1. The SMILES string of the molecule is CC(C)c1nc2ccccc2n1CC(=O)N(C)CC1(O)CCCN(c2ccc(F)cn2)C1. The van der Waals surface area contributed by atoms with E-state index in [-0.39, 0.29) is 30.7 Å². The van der Waals surface area contributed by atoms with E-state index in [1.807, 2.05) is 33.7 Å². The molecule has 0 aliphatic carbocycles. The van der Waals surface area contributed by atoms with Gasteiger partial charge in [0.15, 0.2) is 0 Å². The van der Waals surface area contributed by atoms with E-state index in [4.69, 9.17) is 4.98 Å². The quantitative estimate of drug-likeness (QED) is 0.639. The molecule has 2 aromatic heterocycles.